The number of fused-ring (bicyclic) bond motifs is 3. The SMILES string of the molecule is O=C(O)c1ccc2c(c1)nc(N1CC[C@@H](OCCCNCc3ccc(OC(F)(F)F)c(Cl)c3)C1)c1ccncc12. The number of ether oxygens (including phenoxy) is 2. The molecule has 1 atom stereocenters. The molecule has 2 N–H and O–H groups in total. The van der Waals surface area contributed by atoms with Crippen molar-refractivity contribution in [3.63, 3.8) is 0 Å². The first-order valence-corrected chi connectivity index (χ1v) is 13.1. The Balaban J connectivity index is 1.13. The largest absolute Gasteiger partial charge is 0.573 e. The van der Waals surface area contributed by atoms with Crippen LogP contribution in [0.5, 0.6) is 5.75 Å². The van der Waals surface area contributed by atoms with E-state index in [0.717, 1.165) is 46.9 Å². The smallest absolute Gasteiger partial charge is 0.478 e. The van der Waals surface area contributed by atoms with E-state index in [9.17, 15) is 23.1 Å². The molecule has 1 saturated heterocycles. The van der Waals surface area contributed by atoms with Crippen molar-refractivity contribution in [3.05, 3.63) is 71.0 Å². The van der Waals surface area contributed by atoms with Gasteiger partial charge in [0.1, 0.15) is 11.6 Å². The summed E-state index contributed by atoms with van der Waals surface area (Å²) in [5, 5.41) is 15.3. The maximum atomic E-state index is 12.4. The van der Waals surface area contributed by atoms with Gasteiger partial charge in [-0.25, -0.2) is 9.78 Å². The summed E-state index contributed by atoms with van der Waals surface area (Å²) in [7, 11) is 0. The van der Waals surface area contributed by atoms with Crippen LogP contribution < -0.4 is 15.0 Å². The number of hydrogen-bond acceptors (Lipinski definition) is 7. The van der Waals surface area contributed by atoms with Crippen LogP contribution in [0.3, 0.4) is 0 Å². The van der Waals surface area contributed by atoms with Crippen LogP contribution in [0.1, 0.15) is 28.8 Å². The molecule has 12 heteroatoms. The van der Waals surface area contributed by atoms with Gasteiger partial charge in [-0.05, 0) is 55.3 Å². The van der Waals surface area contributed by atoms with Crippen molar-refractivity contribution in [1.82, 2.24) is 15.3 Å². The van der Waals surface area contributed by atoms with Crippen LogP contribution in [0, 0.1) is 0 Å². The number of hydrogen-bond donors (Lipinski definition) is 2. The van der Waals surface area contributed by atoms with Crippen molar-refractivity contribution in [2.24, 2.45) is 0 Å². The number of nitrogens with zero attached hydrogens (tertiary/aromatic N) is 3. The fourth-order valence-electron chi connectivity index (χ4n) is 4.80. The highest BCUT2D eigenvalue weighted by molar-refractivity contribution is 6.32. The lowest BCUT2D eigenvalue weighted by Gasteiger charge is -2.20. The van der Waals surface area contributed by atoms with Crippen LogP contribution in [0.4, 0.5) is 19.0 Å². The van der Waals surface area contributed by atoms with Gasteiger partial charge in [-0.1, -0.05) is 23.7 Å². The molecule has 0 bridgehead atoms. The van der Waals surface area contributed by atoms with E-state index in [2.05, 4.69) is 19.9 Å². The van der Waals surface area contributed by atoms with E-state index in [0.29, 0.717) is 31.8 Å². The fourth-order valence-corrected chi connectivity index (χ4v) is 5.04. The van der Waals surface area contributed by atoms with Crippen molar-refractivity contribution in [1.29, 1.82) is 0 Å². The number of alkyl halides is 3. The second-order valence-electron chi connectivity index (χ2n) is 9.46. The number of nitrogens with one attached hydrogen (secondary N) is 1. The third-order valence-electron chi connectivity index (χ3n) is 6.67. The van der Waals surface area contributed by atoms with Gasteiger partial charge in [0.2, 0.25) is 0 Å². The first kappa shape index (κ1) is 27.9. The van der Waals surface area contributed by atoms with Gasteiger partial charge in [0.25, 0.3) is 0 Å². The second-order valence-corrected chi connectivity index (χ2v) is 9.87. The van der Waals surface area contributed by atoms with E-state index < -0.39 is 18.1 Å². The quantitative estimate of drug-likeness (QED) is 0.181. The number of pyridine rings is 2. The van der Waals surface area contributed by atoms with E-state index >= 15 is 0 Å². The minimum Gasteiger partial charge on any atom is -0.478 e. The van der Waals surface area contributed by atoms with Crippen LogP contribution in [0.15, 0.2) is 54.9 Å². The molecular formula is C28H26ClF3N4O4. The van der Waals surface area contributed by atoms with E-state index in [1.54, 1.807) is 30.6 Å². The molecule has 1 fully saturated rings. The monoisotopic (exact) mass is 574 g/mol. The normalized spacial score (nSPS) is 15.7. The number of aromatic nitrogens is 2. The molecule has 1 aliphatic rings. The minimum atomic E-state index is -4.79. The van der Waals surface area contributed by atoms with Gasteiger partial charge in [-0.3, -0.25) is 4.98 Å². The Morgan fingerprint density at radius 1 is 1.15 bits per heavy atom. The lowest BCUT2D eigenvalue weighted by molar-refractivity contribution is -0.274. The summed E-state index contributed by atoms with van der Waals surface area (Å²) < 4.78 is 47.1. The predicted molar refractivity (Wildman–Crippen MR) is 145 cm³/mol. The van der Waals surface area contributed by atoms with Gasteiger partial charge in [0, 0.05) is 54.8 Å². The summed E-state index contributed by atoms with van der Waals surface area (Å²) in [6.07, 6.45) is 0.322. The van der Waals surface area contributed by atoms with Crippen molar-refractivity contribution in [2.75, 3.05) is 31.1 Å². The zero-order valence-corrected chi connectivity index (χ0v) is 22.0. The number of carboxylic acid groups (broad SMARTS) is 1. The Bertz CT molecular complexity index is 1540. The fraction of sp³-hybridized carbons (Fsp3) is 0.321. The van der Waals surface area contributed by atoms with Crippen LogP contribution >= 0.6 is 11.6 Å². The Morgan fingerprint density at radius 2 is 2.00 bits per heavy atom. The molecule has 8 nitrogen and oxygen atoms in total. The molecule has 210 valence electrons. The molecule has 3 heterocycles. The van der Waals surface area contributed by atoms with E-state index in [4.69, 9.17) is 21.3 Å². The summed E-state index contributed by atoms with van der Waals surface area (Å²) in [5.41, 5.74) is 1.53. The summed E-state index contributed by atoms with van der Waals surface area (Å²) in [5.74, 6) is -0.645. The second kappa shape index (κ2) is 11.8. The highest BCUT2D eigenvalue weighted by atomic mass is 35.5. The Hall–Kier alpha value is -3.67. The first-order chi connectivity index (χ1) is 19.2. The Labute approximate surface area is 232 Å². The summed E-state index contributed by atoms with van der Waals surface area (Å²) >= 11 is 5.90. The van der Waals surface area contributed by atoms with Gasteiger partial charge in [-0.15, -0.1) is 13.2 Å². The number of carboxylic acids is 1. The number of anilines is 1. The maximum Gasteiger partial charge on any atom is 0.573 e. The van der Waals surface area contributed by atoms with Crippen LogP contribution in [0.25, 0.3) is 21.7 Å². The number of benzene rings is 2. The average molecular weight is 575 g/mol. The van der Waals surface area contributed by atoms with Crippen LogP contribution in [0.2, 0.25) is 5.02 Å². The zero-order chi connectivity index (χ0) is 28.3. The highest BCUT2D eigenvalue weighted by Gasteiger charge is 2.32. The van der Waals surface area contributed by atoms with Crippen molar-refractivity contribution >= 4 is 45.1 Å². The van der Waals surface area contributed by atoms with Crippen LogP contribution in [-0.2, 0) is 11.3 Å². The number of carbonyl (C=O) groups is 1. The molecule has 4 aromatic rings. The standard InChI is InChI=1S/C28H26ClF3N4O4/c29-23-12-17(2-5-25(23)40-28(30,31)32)14-33-8-1-11-39-19-7-10-36(16-19)26-21-6-9-34-15-22(21)20-4-3-18(27(37)38)13-24(20)35-26/h2-6,9,12-13,15,19,33H,1,7-8,10-11,14,16H2,(H,37,38)/t19-/m1/s1. The van der Waals surface area contributed by atoms with Gasteiger partial charge in [0.05, 0.1) is 22.2 Å². The summed E-state index contributed by atoms with van der Waals surface area (Å²) in [4.78, 5) is 22.7. The van der Waals surface area contributed by atoms with Crippen LogP contribution in [-0.4, -0.2) is 59.8 Å². The number of halogens is 4. The molecule has 40 heavy (non-hydrogen) atoms. The molecule has 2 aromatic carbocycles. The molecule has 5 rings (SSSR count). The lowest BCUT2D eigenvalue weighted by Crippen LogP contribution is -2.25. The summed E-state index contributed by atoms with van der Waals surface area (Å²) in [6.45, 7) is 3.06. The summed E-state index contributed by atoms with van der Waals surface area (Å²) in [6, 6.07) is 11.0. The van der Waals surface area contributed by atoms with E-state index in [1.165, 1.54) is 18.2 Å². The molecule has 0 aliphatic carbocycles. The number of aromatic carboxylic acids is 1. The van der Waals surface area contributed by atoms with Gasteiger partial charge in [0.15, 0.2) is 0 Å². The van der Waals surface area contributed by atoms with Crippen molar-refractivity contribution in [2.45, 2.75) is 31.9 Å². The molecule has 2 aromatic heterocycles. The zero-order valence-electron chi connectivity index (χ0n) is 21.2. The maximum absolute atomic E-state index is 12.4. The molecular weight excluding hydrogens is 549 g/mol. The molecule has 0 radical (unpaired) electrons. The van der Waals surface area contributed by atoms with Gasteiger partial charge in [-0.2, -0.15) is 0 Å². The molecule has 0 amide bonds. The van der Waals surface area contributed by atoms with Gasteiger partial charge >= 0.3 is 12.3 Å². The third-order valence-corrected chi connectivity index (χ3v) is 6.97. The number of rotatable bonds is 10. The molecule has 0 unspecified atom stereocenters. The minimum absolute atomic E-state index is 0.0275. The third kappa shape index (κ3) is 6.55. The topological polar surface area (TPSA) is 96.8 Å². The van der Waals surface area contributed by atoms with Gasteiger partial charge < -0.3 is 24.8 Å². The molecule has 1 aliphatic heterocycles. The highest BCUT2D eigenvalue weighted by Crippen LogP contribution is 2.34. The molecule has 0 spiro atoms. The lowest BCUT2D eigenvalue weighted by atomic mass is 10.1. The average Bonchev–Trinajstić information content (AvgIpc) is 3.39. The van der Waals surface area contributed by atoms with Crippen molar-refractivity contribution in [3.8, 4) is 5.75 Å². The van der Waals surface area contributed by atoms with Crippen molar-refractivity contribution < 1.29 is 32.5 Å². The van der Waals surface area contributed by atoms with E-state index in [1.807, 2.05) is 6.07 Å². The Kier molecular flexibility index (Phi) is 8.24. The first-order valence-electron chi connectivity index (χ1n) is 12.7. The Morgan fingerprint density at radius 3 is 2.77 bits per heavy atom. The molecule has 0 saturated carbocycles. The van der Waals surface area contributed by atoms with E-state index in [-0.39, 0.29) is 16.7 Å². The predicted octanol–water partition coefficient (Wildman–Crippen LogP) is 5.81.